The standard InChI is InChI=1S/C24H31Cl2N3O4S/c1-17(2)15-27-24(31)18(3)28(13-12-19-8-6-5-7-9-19)23(30)16-29(34(4,32)33)20-10-11-21(25)22(26)14-20/h5-11,14,17-18H,12-13,15-16H2,1-4H3,(H,27,31)/t18-/m0/s1. The van der Waals surface area contributed by atoms with Crippen molar-refractivity contribution in [2.75, 3.05) is 30.2 Å². The first-order valence-electron chi connectivity index (χ1n) is 10.9. The van der Waals surface area contributed by atoms with Crippen LogP contribution in [0.15, 0.2) is 48.5 Å². The van der Waals surface area contributed by atoms with Crippen molar-refractivity contribution in [2.24, 2.45) is 5.92 Å². The fraction of sp³-hybridized carbons (Fsp3) is 0.417. The van der Waals surface area contributed by atoms with Crippen LogP contribution in [0.25, 0.3) is 0 Å². The van der Waals surface area contributed by atoms with Gasteiger partial charge in [-0.25, -0.2) is 8.42 Å². The number of anilines is 1. The third-order valence-electron chi connectivity index (χ3n) is 5.21. The van der Waals surface area contributed by atoms with Crippen LogP contribution < -0.4 is 9.62 Å². The molecule has 0 heterocycles. The minimum absolute atomic E-state index is 0.169. The summed E-state index contributed by atoms with van der Waals surface area (Å²) < 4.78 is 26.1. The third-order valence-corrected chi connectivity index (χ3v) is 7.09. The average Bonchev–Trinajstić information content (AvgIpc) is 2.77. The highest BCUT2D eigenvalue weighted by atomic mass is 35.5. The van der Waals surface area contributed by atoms with E-state index in [0.717, 1.165) is 16.1 Å². The van der Waals surface area contributed by atoms with Crippen molar-refractivity contribution in [3.8, 4) is 0 Å². The molecule has 0 aliphatic rings. The van der Waals surface area contributed by atoms with E-state index >= 15 is 0 Å². The summed E-state index contributed by atoms with van der Waals surface area (Å²) in [6, 6.07) is 13.1. The maximum Gasteiger partial charge on any atom is 0.244 e. The molecule has 0 saturated heterocycles. The minimum atomic E-state index is -3.83. The van der Waals surface area contributed by atoms with Crippen molar-refractivity contribution < 1.29 is 18.0 Å². The summed E-state index contributed by atoms with van der Waals surface area (Å²) in [6.07, 6.45) is 1.52. The van der Waals surface area contributed by atoms with E-state index in [1.54, 1.807) is 6.92 Å². The molecule has 1 N–H and O–H groups in total. The topological polar surface area (TPSA) is 86.8 Å². The SMILES string of the molecule is CC(C)CNC(=O)[C@H](C)N(CCc1ccccc1)C(=O)CN(c1ccc(Cl)c(Cl)c1)S(C)(=O)=O. The van der Waals surface area contributed by atoms with Crippen LogP contribution in [-0.4, -0.2) is 57.1 Å². The summed E-state index contributed by atoms with van der Waals surface area (Å²) in [5.41, 5.74) is 1.21. The van der Waals surface area contributed by atoms with Crippen molar-refractivity contribution in [1.29, 1.82) is 0 Å². The molecule has 2 amide bonds. The van der Waals surface area contributed by atoms with Gasteiger partial charge in [-0.15, -0.1) is 0 Å². The summed E-state index contributed by atoms with van der Waals surface area (Å²) in [7, 11) is -3.83. The van der Waals surface area contributed by atoms with Crippen molar-refractivity contribution in [3.05, 3.63) is 64.1 Å². The Bertz CT molecular complexity index is 1090. The summed E-state index contributed by atoms with van der Waals surface area (Å²) in [4.78, 5) is 27.6. The lowest BCUT2D eigenvalue weighted by Gasteiger charge is -2.31. The molecule has 0 fully saturated rings. The molecule has 1 atom stereocenters. The summed E-state index contributed by atoms with van der Waals surface area (Å²) >= 11 is 12.0. The maximum absolute atomic E-state index is 13.4. The zero-order chi connectivity index (χ0) is 25.5. The molecule has 0 bridgehead atoms. The number of nitrogens with zero attached hydrogens (tertiary/aromatic N) is 2. The smallest absolute Gasteiger partial charge is 0.244 e. The van der Waals surface area contributed by atoms with Crippen molar-refractivity contribution >= 4 is 50.7 Å². The first-order valence-corrected chi connectivity index (χ1v) is 13.5. The molecule has 10 heteroatoms. The first kappa shape index (κ1) is 28.0. The Labute approximate surface area is 212 Å². The molecule has 7 nitrogen and oxygen atoms in total. The molecule has 2 rings (SSSR count). The predicted molar refractivity (Wildman–Crippen MR) is 138 cm³/mol. The number of halogens is 2. The lowest BCUT2D eigenvalue weighted by Crippen LogP contribution is -2.52. The van der Waals surface area contributed by atoms with E-state index in [0.29, 0.717) is 13.0 Å². The van der Waals surface area contributed by atoms with Crippen LogP contribution in [0.5, 0.6) is 0 Å². The van der Waals surface area contributed by atoms with Gasteiger partial charge in [0, 0.05) is 13.1 Å². The van der Waals surface area contributed by atoms with Crippen LogP contribution in [0.4, 0.5) is 5.69 Å². The second kappa shape index (κ2) is 12.4. The zero-order valence-corrected chi connectivity index (χ0v) is 22.1. The van der Waals surface area contributed by atoms with Gasteiger partial charge in [-0.3, -0.25) is 13.9 Å². The fourth-order valence-corrected chi connectivity index (χ4v) is 4.41. The van der Waals surface area contributed by atoms with E-state index in [-0.39, 0.29) is 34.1 Å². The van der Waals surface area contributed by atoms with Gasteiger partial charge in [-0.1, -0.05) is 67.4 Å². The largest absolute Gasteiger partial charge is 0.354 e. The number of sulfonamides is 1. The quantitative estimate of drug-likeness (QED) is 0.478. The molecule has 0 aliphatic heterocycles. The van der Waals surface area contributed by atoms with Gasteiger partial charge in [0.2, 0.25) is 21.8 Å². The van der Waals surface area contributed by atoms with Crippen molar-refractivity contribution in [3.63, 3.8) is 0 Å². The third kappa shape index (κ3) is 8.18. The van der Waals surface area contributed by atoms with Gasteiger partial charge in [0.25, 0.3) is 0 Å². The minimum Gasteiger partial charge on any atom is -0.354 e. The highest BCUT2D eigenvalue weighted by Crippen LogP contribution is 2.28. The van der Waals surface area contributed by atoms with Crippen LogP contribution in [0.3, 0.4) is 0 Å². The molecule has 0 unspecified atom stereocenters. The van der Waals surface area contributed by atoms with E-state index < -0.39 is 28.5 Å². The zero-order valence-electron chi connectivity index (χ0n) is 19.8. The number of rotatable bonds is 11. The van der Waals surface area contributed by atoms with Gasteiger partial charge >= 0.3 is 0 Å². The second-order valence-corrected chi connectivity index (χ2v) is 11.2. The van der Waals surface area contributed by atoms with Gasteiger partial charge in [-0.05, 0) is 43.0 Å². The van der Waals surface area contributed by atoms with E-state index in [9.17, 15) is 18.0 Å². The number of amides is 2. The van der Waals surface area contributed by atoms with E-state index in [1.807, 2.05) is 44.2 Å². The Balaban J connectivity index is 2.31. The highest BCUT2D eigenvalue weighted by molar-refractivity contribution is 7.92. The van der Waals surface area contributed by atoms with E-state index in [4.69, 9.17) is 23.2 Å². The fourth-order valence-electron chi connectivity index (χ4n) is 3.28. The van der Waals surface area contributed by atoms with Gasteiger partial charge in [0.1, 0.15) is 12.6 Å². The van der Waals surface area contributed by atoms with E-state index in [2.05, 4.69) is 5.32 Å². The Hall–Kier alpha value is -2.29. The van der Waals surface area contributed by atoms with Crippen LogP contribution >= 0.6 is 23.2 Å². The number of benzene rings is 2. The molecule has 2 aromatic rings. The number of carbonyl (C=O) groups is 2. The Morgan fingerprint density at radius 3 is 2.21 bits per heavy atom. The Morgan fingerprint density at radius 1 is 1.00 bits per heavy atom. The first-order chi connectivity index (χ1) is 15.9. The van der Waals surface area contributed by atoms with Gasteiger partial charge < -0.3 is 10.2 Å². The molecule has 0 aliphatic carbocycles. The molecule has 186 valence electrons. The van der Waals surface area contributed by atoms with E-state index in [1.165, 1.54) is 23.1 Å². The number of hydrogen-bond donors (Lipinski definition) is 1. The van der Waals surface area contributed by atoms with Crippen LogP contribution in [0.1, 0.15) is 26.3 Å². The summed E-state index contributed by atoms with van der Waals surface area (Å²) in [6.45, 7) is 5.84. The molecule has 2 aromatic carbocycles. The number of carbonyl (C=O) groups excluding carboxylic acids is 2. The van der Waals surface area contributed by atoms with Crippen LogP contribution in [0, 0.1) is 5.92 Å². The monoisotopic (exact) mass is 527 g/mol. The normalized spacial score (nSPS) is 12.3. The number of nitrogens with one attached hydrogen (secondary N) is 1. The average molecular weight is 529 g/mol. The van der Waals surface area contributed by atoms with Gasteiger partial charge in [-0.2, -0.15) is 0 Å². The molecule has 0 saturated carbocycles. The lowest BCUT2D eigenvalue weighted by atomic mass is 10.1. The molecular weight excluding hydrogens is 497 g/mol. The summed E-state index contributed by atoms with van der Waals surface area (Å²) in [5.74, 6) is -0.546. The van der Waals surface area contributed by atoms with Gasteiger partial charge in [0.05, 0.1) is 22.0 Å². The predicted octanol–water partition coefficient (Wildman–Crippen LogP) is 3.99. The van der Waals surface area contributed by atoms with Crippen molar-refractivity contribution in [1.82, 2.24) is 10.2 Å². The summed E-state index contributed by atoms with van der Waals surface area (Å²) in [5, 5.41) is 3.29. The van der Waals surface area contributed by atoms with Crippen LogP contribution in [0.2, 0.25) is 10.0 Å². The molecule has 0 radical (unpaired) electrons. The maximum atomic E-state index is 13.4. The molecular formula is C24H31Cl2N3O4S. The molecule has 0 spiro atoms. The van der Waals surface area contributed by atoms with Crippen molar-refractivity contribution in [2.45, 2.75) is 33.2 Å². The second-order valence-electron chi connectivity index (χ2n) is 8.51. The Morgan fingerprint density at radius 2 is 1.65 bits per heavy atom. The lowest BCUT2D eigenvalue weighted by molar-refractivity contribution is -0.138. The Kier molecular flexibility index (Phi) is 10.2. The number of hydrogen-bond acceptors (Lipinski definition) is 4. The molecule has 34 heavy (non-hydrogen) atoms. The molecule has 0 aromatic heterocycles. The highest BCUT2D eigenvalue weighted by Gasteiger charge is 2.30. The van der Waals surface area contributed by atoms with Crippen LogP contribution in [-0.2, 0) is 26.0 Å². The van der Waals surface area contributed by atoms with Gasteiger partial charge in [0.15, 0.2) is 0 Å².